The summed E-state index contributed by atoms with van der Waals surface area (Å²) in [5.74, 6) is -1.59. The lowest BCUT2D eigenvalue weighted by Gasteiger charge is -2.08. The van der Waals surface area contributed by atoms with E-state index >= 15 is 0 Å². The number of para-hydroxylation sites is 1. The second kappa shape index (κ2) is 6.57. The molecule has 2 aromatic rings. The Labute approximate surface area is 125 Å². The molecule has 1 N–H and O–H groups in total. The van der Waals surface area contributed by atoms with E-state index in [1.54, 1.807) is 24.3 Å². The van der Waals surface area contributed by atoms with Crippen LogP contribution in [-0.4, -0.2) is 26.2 Å². The van der Waals surface area contributed by atoms with Gasteiger partial charge in [0, 0.05) is 5.39 Å². The van der Waals surface area contributed by atoms with Gasteiger partial charge in [0.15, 0.2) is 0 Å². The van der Waals surface area contributed by atoms with E-state index in [9.17, 15) is 14.4 Å². The Kier molecular flexibility index (Phi) is 4.57. The van der Waals surface area contributed by atoms with Gasteiger partial charge < -0.3 is 19.2 Å². The normalized spacial score (nSPS) is 11.1. The zero-order valence-corrected chi connectivity index (χ0v) is 11.9. The van der Waals surface area contributed by atoms with Gasteiger partial charge in [-0.25, -0.2) is 14.4 Å². The predicted octanol–water partition coefficient (Wildman–Crippen LogP) is 1.43. The molecule has 7 heteroatoms. The number of methoxy groups -OCH3 is 2. The molecule has 0 fully saturated rings. The standard InChI is InChI=1S/C15H13NO6/c1-20-13(17)8-11(14(18)21-2)16-10-7-9-5-3-4-6-12(9)22-15(10)19/h3-8,16H,1-2H3/b11-8-. The molecule has 0 aliphatic carbocycles. The fourth-order valence-corrected chi connectivity index (χ4v) is 1.73. The third-order valence-corrected chi connectivity index (χ3v) is 2.78. The van der Waals surface area contributed by atoms with Crippen molar-refractivity contribution in [3.63, 3.8) is 0 Å². The number of anilines is 1. The number of hydrogen-bond donors (Lipinski definition) is 1. The number of nitrogens with one attached hydrogen (secondary N) is 1. The van der Waals surface area contributed by atoms with Gasteiger partial charge in [-0.05, 0) is 12.1 Å². The lowest BCUT2D eigenvalue weighted by atomic mass is 10.2. The second-order valence-corrected chi connectivity index (χ2v) is 4.18. The number of benzene rings is 1. The Balaban J connectivity index is 2.44. The highest BCUT2D eigenvalue weighted by molar-refractivity contribution is 5.99. The Bertz CT molecular complexity index is 805. The first kappa shape index (κ1) is 15.3. The molecule has 0 atom stereocenters. The lowest BCUT2D eigenvalue weighted by molar-refractivity contribution is -0.138. The van der Waals surface area contributed by atoms with Crippen molar-refractivity contribution in [2.45, 2.75) is 0 Å². The van der Waals surface area contributed by atoms with Gasteiger partial charge in [0.1, 0.15) is 17.0 Å². The minimum absolute atomic E-state index is 0.000692. The molecule has 0 bridgehead atoms. The topological polar surface area (TPSA) is 94.8 Å². The summed E-state index contributed by atoms with van der Waals surface area (Å²) >= 11 is 0. The third kappa shape index (κ3) is 3.32. The summed E-state index contributed by atoms with van der Waals surface area (Å²) in [4.78, 5) is 34.8. The van der Waals surface area contributed by atoms with Crippen LogP contribution in [0.15, 0.2) is 51.3 Å². The maximum Gasteiger partial charge on any atom is 0.360 e. The van der Waals surface area contributed by atoms with Crippen LogP contribution in [0.3, 0.4) is 0 Å². The monoisotopic (exact) mass is 303 g/mol. The first-order valence-corrected chi connectivity index (χ1v) is 6.23. The zero-order valence-electron chi connectivity index (χ0n) is 11.9. The molecule has 0 aliphatic heterocycles. The van der Waals surface area contributed by atoms with Gasteiger partial charge in [-0.1, -0.05) is 18.2 Å². The molecule has 0 radical (unpaired) electrons. The van der Waals surface area contributed by atoms with Crippen molar-refractivity contribution in [3.05, 3.63) is 52.5 Å². The summed E-state index contributed by atoms with van der Waals surface area (Å²) in [6.07, 6.45) is 0.889. The van der Waals surface area contributed by atoms with Crippen LogP contribution >= 0.6 is 0 Å². The number of carbonyl (C=O) groups excluding carboxylic acids is 2. The van der Waals surface area contributed by atoms with Gasteiger partial charge in [-0.15, -0.1) is 0 Å². The van der Waals surface area contributed by atoms with Crippen molar-refractivity contribution in [1.82, 2.24) is 0 Å². The molecule has 0 spiro atoms. The van der Waals surface area contributed by atoms with Crippen LogP contribution in [0.1, 0.15) is 0 Å². The van der Waals surface area contributed by atoms with Crippen LogP contribution < -0.4 is 10.9 Å². The molecule has 114 valence electrons. The molecule has 7 nitrogen and oxygen atoms in total. The number of esters is 2. The molecule has 0 aliphatic rings. The van der Waals surface area contributed by atoms with E-state index in [1.807, 2.05) is 0 Å². The maximum absolute atomic E-state index is 11.9. The average Bonchev–Trinajstić information content (AvgIpc) is 2.53. The Morgan fingerprint density at radius 3 is 2.59 bits per heavy atom. The Hall–Kier alpha value is -3.09. The van der Waals surface area contributed by atoms with E-state index in [0.717, 1.165) is 20.3 Å². The van der Waals surface area contributed by atoms with E-state index in [0.29, 0.717) is 11.0 Å². The van der Waals surface area contributed by atoms with E-state index < -0.39 is 17.6 Å². The molecule has 0 saturated carbocycles. The highest BCUT2D eigenvalue weighted by Crippen LogP contribution is 2.16. The largest absolute Gasteiger partial charge is 0.466 e. The van der Waals surface area contributed by atoms with E-state index in [-0.39, 0.29) is 11.4 Å². The lowest BCUT2D eigenvalue weighted by Crippen LogP contribution is -2.19. The Morgan fingerprint density at radius 2 is 1.91 bits per heavy atom. The second-order valence-electron chi connectivity index (χ2n) is 4.18. The SMILES string of the molecule is COC(=O)/C=C(\Nc1cc2ccccc2oc1=O)C(=O)OC. The molecule has 0 unspecified atom stereocenters. The smallest absolute Gasteiger partial charge is 0.360 e. The summed E-state index contributed by atoms with van der Waals surface area (Å²) in [6, 6.07) is 8.40. The molecule has 22 heavy (non-hydrogen) atoms. The van der Waals surface area contributed by atoms with Crippen molar-refractivity contribution in [1.29, 1.82) is 0 Å². The number of rotatable bonds is 4. The Morgan fingerprint density at radius 1 is 1.18 bits per heavy atom. The van der Waals surface area contributed by atoms with Gasteiger partial charge in [0.05, 0.1) is 20.3 Å². The average molecular weight is 303 g/mol. The van der Waals surface area contributed by atoms with Crippen LogP contribution in [0.25, 0.3) is 11.0 Å². The molecule has 0 saturated heterocycles. The fourth-order valence-electron chi connectivity index (χ4n) is 1.73. The van der Waals surface area contributed by atoms with Gasteiger partial charge in [0.2, 0.25) is 0 Å². The van der Waals surface area contributed by atoms with Crippen molar-refractivity contribution in [2.24, 2.45) is 0 Å². The highest BCUT2D eigenvalue weighted by atomic mass is 16.5. The molecule has 2 rings (SSSR count). The van der Waals surface area contributed by atoms with Gasteiger partial charge in [-0.2, -0.15) is 0 Å². The van der Waals surface area contributed by atoms with Crippen molar-refractivity contribution in [3.8, 4) is 0 Å². The highest BCUT2D eigenvalue weighted by Gasteiger charge is 2.15. The number of carbonyl (C=O) groups is 2. The van der Waals surface area contributed by atoms with Gasteiger partial charge >= 0.3 is 17.6 Å². The van der Waals surface area contributed by atoms with E-state index in [1.165, 1.54) is 6.07 Å². The molecular weight excluding hydrogens is 290 g/mol. The van der Waals surface area contributed by atoms with Crippen LogP contribution in [-0.2, 0) is 19.1 Å². The summed E-state index contributed by atoms with van der Waals surface area (Å²) in [5, 5.41) is 3.19. The predicted molar refractivity (Wildman–Crippen MR) is 78.2 cm³/mol. The summed E-state index contributed by atoms with van der Waals surface area (Å²) in [5.41, 5.74) is -0.510. The number of hydrogen-bond acceptors (Lipinski definition) is 7. The van der Waals surface area contributed by atoms with Crippen LogP contribution in [0.4, 0.5) is 5.69 Å². The minimum Gasteiger partial charge on any atom is -0.466 e. The molecule has 1 aromatic heterocycles. The maximum atomic E-state index is 11.9. The molecule has 0 amide bonds. The summed E-state index contributed by atoms with van der Waals surface area (Å²) in [7, 11) is 2.32. The number of fused-ring (bicyclic) bond motifs is 1. The van der Waals surface area contributed by atoms with Crippen LogP contribution in [0, 0.1) is 0 Å². The first-order valence-electron chi connectivity index (χ1n) is 6.23. The zero-order chi connectivity index (χ0) is 16.1. The van der Waals surface area contributed by atoms with Crippen LogP contribution in [0.2, 0.25) is 0 Å². The summed E-state index contributed by atoms with van der Waals surface area (Å²) in [6.45, 7) is 0. The van der Waals surface area contributed by atoms with Gasteiger partial charge in [-0.3, -0.25) is 0 Å². The van der Waals surface area contributed by atoms with Crippen molar-refractivity contribution < 1.29 is 23.5 Å². The quantitative estimate of drug-likeness (QED) is 0.518. The molecular formula is C15H13NO6. The number of ether oxygens (including phenoxy) is 2. The van der Waals surface area contributed by atoms with Crippen molar-refractivity contribution >= 4 is 28.6 Å². The van der Waals surface area contributed by atoms with E-state index in [4.69, 9.17) is 4.42 Å². The van der Waals surface area contributed by atoms with Crippen molar-refractivity contribution in [2.75, 3.05) is 19.5 Å². The minimum atomic E-state index is -0.821. The third-order valence-electron chi connectivity index (χ3n) is 2.78. The van der Waals surface area contributed by atoms with Crippen LogP contribution in [0.5, 0.6) is 0 Å². The first-order chi connectivity index (χ1) is 10.5. The fraction of sp³-hybridized carbons (Fsp3) is 0.133. The van der Waals surface area contributed by atoms with Gasteiger partial charge in [0.25, 0.3) is 0 Å². The molecule has 1 aromatic carbocycles. The molecule has 1 heterocycles. The summed E-state index contributed by atoms with van der Waals surface area (Å²) < 4.78 is 14.1. The van der Waals surface area contributed by atoms with E-state index in [2.05, 4.69) is 14.8 Å².